The van der Waals surface area contributed by atoms with E-state index in [2.05, 4.69) is 35.4 Å². The van der Waals surface area contributed by atoms with Crippen molar-refractivity contribution in [2.45, 2.75) is 154 Å². The van der Waals surface area contributed by atoms with E-state index in [1.807, 2.05) is 127 Å². The van der Waals surface area contributed by atoms with E-state index >= 15 is 0 Å². The monoisotopic (exact) mass is 1010 g/mol. The van der Waals surface area contributed by atoms with Crippen LogP contribution in [0.2, 0.25) is 0 Å². The molecule has 0 fully saturated rings. The molecule has 0 spiro atoms. The van der Waals surface area contributed by atoms with Gasteiger partial charge in [-0.2, -0.15) is 0 Å². The minimum absolute atomic E-state index is 0.0641. The van der Waals surface area contributed by atoms with E-state index in [0.29, 0.717) is 51.1 Å². The van der Waals surface area contributed by atoms with Crippen LogP contribution in [0.4, 0.5) is 11.4 Å². The summed E-state index contributed by atoms with van der Waals surface area (Å²) in [5.41, 5.74) is 10.9. The summed E-state index contributed by atoms with van der Waals surface area (Å²) in [6, 6.07) is 37.2. The Labute approximate surface area is 429 Å². The van der Waals surface area contributed by atoms with Gasteiger partial charge in [0, 0.05) is 0 Å². The Balaban J connectivity index is 0.000000271. The van der Waals surface area contributed by atoms with Crippen molar-refractivity contribution in [2.75, 3.05) is 9.44 Å². The smallest absolute Gasteiger partial charge is 0.335 e. The molecular formula is C60H74N2O8S2. The lowest BCUT2D eigenvalue weighted by molar-refractivity contribution is 0.0684. The first-order chi connectivity index (χ1) is 34.1. The Morgan fingerprint density at radius 1 is 0.444 bits per heavy atom. The van der Waals surface area contributed by atoms with Gasteiger partial charge in [0.1, 0.15) is 0 Å². The molecule has 0 amide bonds. The van der Waals surface area contributed by atoms with Crippen molar-refractivity contribution in [3.63, 3.8) is 0 Å². The van der Waals surface area contributed by atoms with Gasteiger partial charge in [-0.15, -0.1) is 0 Å². The maximum atomic E-state index is 13.9. The van der Waals surface area contributed by atoms with E-state index in [1.165, 1.54) is 0 Å². The molecule has 6 aromatic rings. The molecular weight excluding hydrogens is 941 g/mol. The molecule has 72 heavy (non-hydrogen) atoms. The minimum atomic E-state index is -3.82. The second-order valence-electron chi connectivity index (χ2n) is 19.8. The molecule has 0 atom stereocenters. The average molecular weight is 1020 g/mol. The van der Waals surface area contributed by atoms with Gasteiger partial charge in [-0.3, -0.25) is 9.44 Å². The van der Waals surface area contributed by atoms with Crippen LogP contribution < -0.4 is 9.44 Å². The van der Waals surface area contributed by atoms with Crippen LogP contribution in [-0.4, -0.2) is 39.0 Å². The van der Waals surface area contributed by atoms with E-state index in [9.17, 15) is 36.6 Å². The highest BCUT2D eigenvalue weighted by Crippen LogP contribution is 2.37. The van der Waals surface area contributed by atoms with Crippen LogP contribution in [0.25, 0.3) is 0 Å². The van der Waals surface area contributed by atoms with Gasteiger partial charge in [0.25, 0.3) is 20.0 Å². The minimum Gasteiger partial charge on any atom is -0.478 e. The largest absolute Gasteiger partial charge is 0.478 e. The van der Waals surface area contributed by atoms with Crippen molar-refractivity contribution in [1.82, 2.24) is 0 Å². The van der Waals surface area contributed by atoms with Gasteiger partial charge in [0.05, 0.1) is 32.3 Å². The molecule has 12 heteroatoms. The van der Waals surface area contributed by atoms with Crippen LogP contribution in [0.3, 0.4) is 0 Å². The number of sulfonamides is 2. The van der Waals surface area contributed by atoms with Gasteiger partial charge in [-0.25, -0.2) is 26.4 Å². The third-order valence-corrected chi connectivity index (χ3v) is 16.2. The number of hydrogen-bond donors (Lipinski definition) is 4. The first kappa shape index (κ1) is 56.7. The van der Waals surface area contributed by atoms with Gasteiger partial charge in [0.2, 0.25) is 0 Å². The Kier molecular flexibility index (Phi) is 20.4. The quantitative estimate of drug-likeness (QED) is 0.0460. The van der Waals surface area contributed by atoms with Gasteiger partial charge in [-0.05, 0) is 164 Å². The predicted octanol–water partition coefficient (Wildman–Crippen LogP) is 14.6. The highest BCUT2D eigenvalue weighted by Gasteiger charge is 2.28. The number of rotatable bonds is 23. The van der Waals surface area contributed by atoms with Crippen molar-refractivity contribution >= 4 is 43.4 Å². The molecule has 6 aromatic carbocycles. The van der Waals surface area contributed by atoms with Gasteiger partial charge in [0.15, 0.2) is 0 Å². The van der Waals surface area contributed by atoms with E-state index in [4.69, 9.17) is 0 Å². The zero-order chi connectivity index (χ0) is 52.8. The molecule has 0 aliphatic heterocycles. The van der Waals surface area contributed by atoms with Crippen LogP contribution in [-0.2, 0) is 45.7 Å². The summed E-state index contributed by atoms with van der Waals surface area (Å²) >= 11 is 0. The van der Waals surface area contributed by atoms with Crippen LogP contribution in [0.1, 0.15) is 174 Å². The van der Waals surface area contributed by atoms with Crippen molar-refractivity contribution in [3.8, 4) is 0 Å². The second kappa shape index (κ2) is 25.9. The molecule has 0 radical (unpaired) electrons. The zero-order valence-electron chi connectivity index (χ0n) is 43.5. The lowest BCUT2D eigenvalue weighted by Crippen LogP contribution is -2.20. The SMILES string of the molecule is CC(C)c1cc(C(C)C)c(S(=O)(=O)Nc2ccccc2CCCCCc2ccccc2C(=O)O)c(C(C)C)c1.Cc1cc(C)c(S(=O)(=O)Nc2ccccc2CCCCCc2ccccc2C(=O)O)c(C)c1. The molecule has 0 heterocycles. The first-order valence-corrected chi connectivity index (χ1v) is 28.2. The normalized spacial score (nSPS) is 11.7. The fourth-order valence-corrected chi connectivity index (χ4v) is 12.7. The molecule has 0 unspecified atom stereocenters. The highest BCUT2D eigenvalue weighted by molar-refractivity contribution is 7.93. The van der Waals surface area contributed by atoms with Gasteiger partial charge in [-0.1, -0.05) is 157 Å². The highest BCUT2D eigenvalue weighted by atomic mass is 32.2. The second-order valence-corrected chi connectivity index (χ2v) is 23.0. The molecule has 0 aromatic heterocycles. The number of carboxylic acids is 2. The molecule has 4 N–H and O–H groups in total. The molecule has 0 saturated heterocycles. The van der Waals surface area contributed by atoms with Crippen molar-refractivity contribution in [3.05, 3.63) is 188 Å². The number of aromatic carboxylic acids is 2. The summed E-state index contributed by atoms with van der Waals surface area (Å²) < 4.78 is 60.0. The Morgan fingerprint density at radius 2 is 0.778 bits per heavy atom. The molecule has 6 rings (SSSR count). The van der Waals surface area contributed by atoms with Crippen LogP contribution in [0.5, 0.6) is 0 Å². The Bertz CT molecular complexity index is 3000. The number of carbonyl (C=O) groups is 2. The molecule has 10 nitrogen and oxygen atoms in total. The van der Waals surface area contributed by atoms with E-state index in [-0.39, 0.29) is 11.8 Å². The standard InChI is InChI=1S/C33H43NO4S.C27H31NO4S/c1-22(2)27-20-29(23(3)4)32(30(21-27)24(5)6)39(37,38)34-31-19-13-11-17-26(31)16-9-7-8-14-25-15-10-12-18-28(25)33(35)36;1-19-17-20(2)26(21(3)18-19)33(31,32)28-25-16-10-8-14-23(25)13-6-4-5-11-22-12-7-9-15-24(22)27(29)30/h10-13,15,17-24,34H,7-9,14,16H2,1-6H3,(H,35,36);7-10,12,14-18,28H,4-6,11,13H2,1-3H3,(H,29,30). The van der Waals surface area contributed by atoms with Crippen molar-refractivity contribution < 1.29 is 36.6 Å². The number of hydrogen-bond acceptors (Lipinski definition) is 6. The third-order valence-electron chi connectivity index (χ3n) is 13.0. The maximum Gasteiger partial charge on any atom is 0.335 e. The summed E-state index contributed by atoms with van der Waals surface area (Å²) in [6.07, 6.45) is 8.25. The Hall–Kier alpha value is -6.24. The van der Waals surface area contributed by atoms with Crippen molar-refractivity contribution in [1.29, 1.82) is 0 Å². The average Bonchev–Trinajstić information content (AvgIpc) is 3.31. The number of benzene rings is 6. The number of para-hydroxylation sites is 2. The van der Waals surface area contributed by atoms with Gasteiger partial charge < -0.3 is 10.2 Å². The predicted molar refractivity (Wildman–Crippen MR) is 293 cm³/mol. The van der Waals surface area contributed by atoms with Crippen LogP contribution in [0, 0.1) is 20.8 Å². The number of nitrogens with one attached hydrogen (secondary N) is 2. The number of carboxylic acid groups (broad SMARTS) is 2. The summed E-state index contributed by atoms with van der Waals surface area (Å²) in [5, 5.41) is 18.7. The van der Waals surface area contributed by atoms with Gasteiger partial charge >= 0.3 is 11.9 Å². The first-order valence-electron chi connectivity index (χ1n) is 25.2. The molecule has 0 saturated carbocycles. The van der Waals surface area contributed by atoms with E-state index < -0.39 is 32.0 Å². The van der Waals surface area contributed by atoms with E-state index in [1.54, 1.807) is 30.3 Å². The number of unbranched alkanes of at least 4 members (excludes halogenated alkanes) is 4. The summed E-state index contributed by atoms with van der Waals surface area (Å²) in [5.74, 6) is -1.36. The summed E-state index contributed by atoms with van der Waals surface area (Å²) in [6.45, 7) is 18.1. The van der Waals surface area contributed by atoms with Crippen LogP contribution in [0.15, 0.2) is 131 Å². The van der Waals surface area contributed by atoms with E-state index in [0.717, 1.165) is 107 Å². The summed E-state index contributed by atoms with van der Waals surface area (Å²) in [4.78, 5) is 23.5. The zero-order valence-corrected chi connectivity index (χ0v) is 45.1. The lowest BCUT2D eigenvalue weighted by Gasteiger charge is -2.23. The molecule has 0 aliphatic rings. The third kappa shape index (κ3) is 15.4. The fourth-order valence-electron chi connectivity index (χ4n) is 9.37. The maximum absolute atomic E-state index is 13.9. The number of aryl methyl sites for hydroxylation is 7. The molecule has 384 valence electrons. The van der Waals surface area contributed by atoms with Crippen molar-refractivity contribution in [2.24, 2.45) is 0 Å². The topological polar surface area (TPSA) is 167 Å². The number of anilines is 2. The molecule has 0 bridgehead atoms. The van der Waals surface area contributed by atoms with Crippen LogP contribution >= 0.6 is 0 Å². The Morgan fingerprint density at radius 3 is 1.14 bits per heavy atom. The fraction of sp³-hybridized carbons (Fsp3) is 0.367. The summed E-state index contributed by atoms with van der Waals surface area (Å²) in [7, 11) is -7.52. The lowest BCUT2D eigenvalue weighted by atomic mass is 9.89. The molecule has 0 aliphatic carbocycles.